The summed E-state index contributed by atoms with van der Waals surface area (Å²) >= 11 is 16.5. The van der Waals surface area contributed by atoms with Crippen molar-refractivity contribution in [2.24, 2.45) is 0 Å². The maximum Gasteiger partial charge on any atom is 0.276 e. The van der Waals surface area contributed by atoms with Crippen LogP contribution in [0.4, 0.5) is 5.69 Å². The fraction of sp³-hybridized carbons (Fsp3) is 0.417. The van der Waals surface area contributed by atoms with Crippen LogP contribution in [0.5, 0.6) is 5.75 Å². The maximum absolute atomic E-state index is 11.5. The Bertz CT molecular complexity index is 495. The molecule has 0 bridgehead atoms. The SMILES string of the molecule is CC1(C)Cc2ccc(NC(=O)C(Cl)(Cl)Cl)cc2O1. The number of halogens is 3. The van der Waals surface area contributed by atoms with E-state index >= 15 is 0 Å². The Kier molecular flexibility index (Phi) is 3.43. The van der Waals surface area contributed by atoms with E-state index in [0.717, 1.165) is 17.7 Å². The largest absolute Gasteiger partial charge is 0.487 e. The number of hydrogen-bond acceptors (Lipinski definition) is 2. The minimum Gasteiger partial charge on any atom is -0.487 e. The number of amides is 1. The lowest BCUT2D eigenvalue weighted by Gasteiger charge is -2.17. The van der Waals surface area contributed by atoms with Crippen molar-refractivity contribution in [3.05, 3.63) is 23.8 Å². The highest BCUT2D eigenvalue weighted by Gasteiger charge is 2.32. The number of fused-ring (bicyclic) bond motifs is 1. The topological polar surface area (TPSA) is 38.3 Å². The van der Waals surface area contributed by atoms with Crippen molar-refractivity contribution in [2.45, 2.75) is 29.7 Å². The summed E-state index contributed by atoms with van der Waals surface area (Å²) in [5, 5.41) is 2.52. The van der Waals surface area contributed by atoms with E-state index in [4.69, 9.17) is 39.5 Å². The van der Waals surface area contributed by atoms with E-state index in [0.29, 0.717) is 5.69 Å². The van der Waals surface area contributed by atoms with Crippen LogP contribution in [0.3, 0.4) is 0 Å². The van der Waals surface area contributed by atoms with Gasteiger partial charge in [0.1, 0.15) is 11.4 Å². The van der Waals surface area contributed by atoms with E-state index in [1.807, 2.05) is 19.9 Å². The summed E-state index contributed by atoms with van der Waals surface area (Å²) in [6.45, 7) is 4.01. The Morgan fingerprint density at radius 2 is 2.06 bits per heavy atom. The zero-order chi connectivity index (χ0) is 13.6. The van der Waals surface area contributed by atoms with Crippen molar-refractivity contribution in [3.63, 3.8) is 0 Å². The third-order valence-electron chi connectivity index (χ3n) is 2.58. The maximum atomic E-state index is 11.5. The molecule has 1 N–H and O–H groups in total. The molecule has 0 fully saturated rings. The molecule has 3 nitrogen and oxygen atoms in total. The van der Waals surface area contributed by atoms with Gasteiger partial charge in [0.2, 0.25) is 0 Å². The number of rotatable bonds is 1. The molecule has 1 aliphatic heterocycles. The van der Waals surface area contributed by atoms with Gasteiger partial charge in [0.25, 0.3) is 9.70 Å². The number of carbonyl (C=O) groups is 1. The molecular weight excluding hydrogens is 296 g/mol. The molecule has 1 aliphatic rings. The van der Waals surface area contributed by atoms with Gasteiger partial charge < -0.3 is 10.1 Å². The average Bonchev–Trinajstić information content (AvgIpc) is 2.49. The van der Waals surface area contributed by atoms with E-state index < -0.39 is 9.70 Å². The Hall–Kier alpha value is -0.640. The molecule has 0 aromatic heterocycles. The minimum absolute atomic E-state index is 0.222. The molecule has 0 saturated carbocycles. The smallest absolute Gasteiger partial charge is 0.276 e. The number of ether oxygens (including phenoxy) is 1. The van der Waals surface area contributed by atoms with Crippen LogP contribution in [0.1, 0.15) is 19.4 Å². The number of benzene rings is 1. The van der Waals surface area contributed by atoms with Crippen molar-refractivity contribution in [1.29, 1.82) is 0 Å². The second-order valence-electron chi connectivity index (χ2n) is 4.81. The van der Waals surface area contributed by atoms with Crippen molar-refractivity contribution in [2.75, 3.05) is 5.32 Å². The summed E-state index contributed by atoms with van der Waals surface area (Å²) in [7, 11) is 0. The van der Waals surface area contributed by atoms with Gasteiger partial charge >= 0.3 is 0 Å². The highest BCUT2D eigenvalue weighted by Crippen LogP contribution is 2.37. The summed E-state index contributed by atoms with van der Waals surface area (Å²) in [6.07, 6.45) is 0.834. The average molecular weight is 309 g/mol. The van der Waals surface area contributed by atoms with Crippen molar-refractivity contribution < 1.29 is 9.53 Å². The van der Waals surface area contributed by atoms with Crippen LogP contribution in [0.15, 0.2) is 18.2 Å². The fourth-order valence-electron chi connectivity index (χ4n) is 1.87. The molecule has 98 valence electrons. The summed E-state index contributed by atoms with van der Waals surface area (Å²) in [6, 6.07) is 5.40. The van der Waals surface area contributed by atoms with Gasteiger partial charge in [0, 0.05) is 18.2 Å². The van der Waals surface area contributed by atoms with E-state index in [1.54, 1.807) is 12.1 Å². The lowest BCUT2D eigenvalue weighted by Crippen LogP contribution is -2.26. The van der Waals surface area contributed by atoms with Crippen LogP contribution in [0, 0.1) is 0 Å². The Balaban J connectivity index is 2.17. The number of hydrogen-bond donors (Lipinski definition) is 1. The van der Waals surface area contributed by atoms with Crippen molar-refractivity contribution in [3.8, 4) is 5.75 Å². The Morgan fingerprint density at radius 1 is 1.39 bits per heavy atom. The highest BCUT2D eigenvalue weighted by molar-refractivity contribution is 6.76. The first-order chi connectivity index (χ1) is 8.17. The Labute approximate surface area is 120 Å². The van der Waals surface area contributed by atoms with E-state index in [9.17, 15) is 4.79 Å². The third kappa shape index (κ3) is 3.02. The predicted molar refractivity (Wildman–Crippen MR) is 73.8 cm³/mol. The standard InChI is InChI=1S/C12H12Cl3NO2/c1-11(2)6-7-3-4-8(5-9(7)18-11)16-10(17)12(13,14)15/h3-5H,6H2,1-2H3,(H,16,17). The first kappa shape index (κ1) is 13.8. The Morgan fingerprint density at radius 3 is 2.67 bits per heavy atom. The normalized spacial score (nSPS) is 16.9. The molecule has 1 heterocycles. The van der Waals surface area contributed by atoms with E-state index in [1.165, 1.54) is 0 Å². The summed E-state index contributed by atoms with van der Waals surface area (Å²) < 4.78 is 3.78. The fourth-order valence-corrected chi connectivity index (χ4v) is 2.01. The van der Waals surface area contributed by atoms with Gasteiger partial charge in [0.05, 0.1) is 0 Å². The van der Waals surface area contributed by atoms with Gasteiger partial charge in [-0.15, -0.1) is 0 Å². The zero-order valence-corrected chi connectivity index (χ0v) is 12.2. The molecule has 1 aromatic rings. The third-order valence-corrected chi connectivity index (χ3v) is 3.10. The van der Waals surface area contributed by atoms with E-state index in [-0.39, 0.29) is 5.60 Å². The predicted octanol–water partition coefficient (Wildman–Crippen LogP) is 3.71. The van der Waals surface area contributed by atoms with Gasteiger partial charge in [-0.3, -0.25) is 4.79 Å². The van der Waals surface area contributed by atoms with Crippen molar-refractivity contribution >= 4 is 46.4 Å². The summed E-state index contributed by atoms with van der Waals surface area (Å²) in [4.78, 5) is 11.5. The molecule has 18 heavy (non-hydrogen) atoms. The van der Waals surface area contributed by atoms with Crippen molar-refractivity contribution in [1.82, 2.24) is 0 Å². The number of alkyl halides is 3. The minimum atomic E-state index is -1.97. The monoisotopic (exact) mass is 307 g/mol. The van der Waals surface area contributed by atoms with Crippen LogP contribution in [0.25, 0.3) is 0 Å². The highest BCUT2D eigenvalue weighted by atomic mass is 35.6. The second kappa shape index (κ2) is 4.48. The van der Waals surface area contributed by atoms with Gasteiger partial charge in [-0.05, 0) is 25.5 Å². The number of carbonyl (C=O) groups excluding carboxylic acids is 1. The molecule has 0 unspecified atom stereocenters. The molecule has 6 heteroatoms. The molecule has 0 atom stereocenters. The van der Waals surface area contributed by atoms with Gasteiger partial charge in [0.15, 0.2) is 0 Å². The summed E-state index contributed by atoms with van der Waals surface area (Å²) in [5.41, 5.74) is 1.43. The lowest BCUT2D eigenvalue weighted by molar-refractivity contribution is -0.115. The molecule has 0 spiro atoms. The first-order valence-corrected chi connectivity index (χ1v) is 6.51. The molecule has 0 aliphatic carbocycles. The van der Waals surface area contributed by atoms with Crippen LogP contribution >= 0.6 is 34.8 Å². The van der Waals surface area contributed by atoms with Gasteiger partial charge in [-0.2, -0.15) is 0 Å². The van der Waals surface area contributed by atoms with Gasteiger partial charge in [-0.25, -0.2) is 0 Å². The van der Waals surface area contributed by atoms with Gasteiger partial charge in [-0.1, -0.05) is 40.9 Å². The van der Waals surface area contributed by atoms with Crippen LogP contribution in [-0.2, 0) is 11.2 Å². The van der Waals surface area contributed by atoms with Crippen LogP contribution < -0.4 is 10.1 Å². The first-order valence-electron chi connectivity index (χ1n) is 5.37. The molecular formula is C12H12Cl3NO2. The molecule has 0 radical (unpaired) electrons. The molecule has 2 rings (SSSR count). The van der Waals surface area contributed by atoms with E-state index in [2.05, 4.69) is 5.32 Å². The molecule has 1 amide bonds. The van der Waals surface area contributed by atoms with Crippen LogP contribution in [-0.4, -0.2) is 15.3 Å². The molecule has 0 saturated heterocycles. The van der Waals surface area contributed by atoms with Crippen LogP contribution in [0.2, 0.25) is 0 Å². The summed E-state index contributed by atoms with van der Waals surface area (Å²) in [5.74, 6) is 0.0619. The lowest BCUT2D eigenvalue weighted by atomic mass is 10.0. The zero-order valence-electron chi connectivity index (χ0n) is 9.89. The number of nitrogens with one attached hydrogen (secondary N) is 1. The molecule has 1 aromatic carbocycles. The quantitative estimate of drug-likeness (QED) is 0.803. The number of anilines is 1. The second-order valence-corrected chi connectivity index (χ2v) is 7.09.